The van der Waals surface area contributed by atoms with Crippen molar-refractivity contribution in [3.8, 4) is 0 Å². The zero-order valence-electron chi connectivity index (χ0n) is 10.4. The summed E-state index contributed by atoms with van der Waals surface area (Å²) in [5.41, 5.74) is -0.636. The van der Waals surface area contributed by atoms with Crippen LogP contribution in [0.4, 0.5) is 15.8 Å². The first kappa shape index (κ1) is 13.4. The van der Waals surface area contributed by atoms with E-state index in [0.29, 0.717) is 0 Å². The number of anilines is 1. The topological polar surface area (TPSA) is 68.1 Å². The molecule has 100 valence electrons. The van der Waals surface area contributed by atoms with Crippen molar-refractivity contribution >= 4 is 22.7 Å². The molecule has 0 amide bonds. The van der Waals surface area contributed by atoms with Crippen LogP contribution in [0.2, 0.25) is 0 Å². The summed E-state index contributed by atoms with van der Waals surface area (Å²) >= 11 is 1.43. The number of hydrogen-bond donors (Lipinski definition) is 1. The van der Waals surface area contributed by atoms with Crippen LogP contribution in [0.5, 0.6) is 0 Å². The maximum atomic E-state index is 13.3. The number of nitrogens with zero attached hydrogens (tertiary/aromatic N) is 2. The molecule has 0 atom stereocenters. The lowest BCUT2D eigenvalue weighted by Gasteiger charge is -2.24. The smallest absolute Gasteiger partial charge is 0.292 e. The first-order valence-electron chi connectivity index (χ1n) is 5.52. The summed E-state index contributed by atoms with van der Waals surface area (Å²) in [6.07, 6.45) is 1.66. The standard InChI is InChI=1S/C12H12FN3O2S/c1-12(2,11-14-5-6-19-11)15-9-7-8(13)3-4-10(9)16(17)18/h3-7,15H,1-2H3. The molecule has 19 heavy (non-hydrogen) atoms. The summed E-state index contributed by atoms with van der Waals surface area (Å²) < 4.78 is 13.3. The molecular formula is C12H12FN3O2S. The molecule has 1 aromatic heterocycles. The number of nitrogens with one attached hydrogen (secondary N) is 1. The van der Waals surface area contributed by atoms with E-state index in [1.165, 1.54) is 11.3 Å². The Morgan fingerprint density at radius 3 is 2.79 bits per heavy atom. The van der Waals surface area contributed by atoms with Gasteiger partial charge < -0.3 is 5.32 Å². The molecule has 0 saturated heterocycles. The minimum absolute atomic E-state index is 0.144. The van der Waals surface area contributed by atoms with Crippen LogP contribution < -0.4 is 5.32 Å². The van der Waals surface area contributed by atoms with Gasteiger partial charge in [0.1, 0.15) is 16.5 Å². The lowest BCUT2D eigenvalue weighted by atomic mass is 10.1. The van der Waals surface area contributed by atoms with Gasteiger partial charge in [-0.05, 0) is 19.9 Å². The fraction of sp³-hybridized carbons (Fsp3) is 0.250. The molecule has 0 fully saturated rings. The summed E-state index contributed by atoms with van der Waals surface area (Å²) in [6, 6.07) is 3.34. The van der Waals surface area contributed by atoms with Crippen LogP contribution in [0, 0.1) is 15.9 Å². The van der Waals surface area contributed by atoms with Crippen molar-refractivity contribution in [1.82, 2.24) is 4.98 Å². The van der Waals surface area contributed by atoms with E-state index in [0.717, 1.165) is 23.2 Å². The van der Waals surface area contributed by atoms with Crippen LogP contribution >= 0.6 is 11.3 Å². The third kappa shape index (κ3) is 2.87. The average Bonchev–Trinajstić information content (AvgIpc) is 2.81. The molecule has 0 bridgehead atoms. The lowest BCUT2D eigenvalue weighted by Crippen LogP contribution is -2.28. The zero-order valence-corrected chi connectivity index (χ0v) is 11.2. The fourth-order valence-electron chi connectivity index (χ4n) is 1.69. The molecule has 0 aliphatic heterocycles. The molecule has 2 aromatic rings. The highest BCUT2D eigenvalue weighted by molar-refractivity contribution is 7.09. The Balaban J connectivity index is 2.38. The van der Waals surface area contributed by atoms with Gasteiger partial charge >= 0.3 is 0 Å². The Kier molecular flexibility index (Phi) is 3.48. The van der Waals surface area contributed by atoms with Crippen molar-refractivity contribution in [1.29, 1.82) is 0 Å². The number of benzene rings is 1. The number of hydrogen-bond acceptors (Lipinski definition) is 5. The molecule has 1 heterocycles. The minimum atomic E-state index is -0.618. The predicted octanol–water partition coefficient (Wildman–Crippen LogP) is 3.54. The van der Waals surface area contributed by atoms with Crippen LogP contribution in [0.3, 0.4) is 0 Å². The van der Waals surface area contributed by atoms with Crippen molar-refractivity contribution in [3.63, 3.8) is 0 Å². The van der Waals surface area contributed by atoms with Gasteiger partial charge in [0.15, 0.2) is 0 Å². The molecule has 0 radical (unpaired) electrons. The highest BCUT2D eigenvalue weighted by atomic mass is 32.1. The SMILES string of the molecule is CC(C)(Nc1cc(F)ccc1[N+](=O)[O-])c1nccs1. The summed E-state index contributed by atoms with van der Waals surface area (Å²) in [7, 11) is 0. The van der Waals surface area contributed by atoms with Gasteiger partial charge in [-0.3, -0.25) is 10.1 Å². The van der Waals surface area contributed by atoms with Crippen LogP contribution in [0.1, 0.15) is 18.9 Å². The van der Waals surface area contributed by atoms with Gasteiger partial charge in [-0.25, -0.2) is 9.37 Å². The Hall–Kier alpha value is -2.02. The van der Waals surface area contributed by atoms with E-state index >= 15 is 0 Å². The van der Waals surface area contributed by atoms with E-state index in [1.807, 2.05) is 19.2 Å². The van der Waals surface area contributed by atoms with Gasteiger partial charge in [-0.2, -0.15) is 0 Å². The van der Waals surface area contributed by atoms with Crippen LogP contribution in [0.15, 0.2) is 29.8 Å². The monoisotopic (exact) mass is 281 g/mol. The Labute approximate surface area is 113 Å². The molecule has 2 rings (SSSR count). The second-order valence-electron chi connectivity index (χ2n) is 4.51. The Bertz CT molecular complexity index is 599. The number of nitro benzene ring substituents is 1. The van der Waals surface area contributed by atoms with Crippen LogP contribution in [-0.4, -0.2) is 9.91 Å². The molecule has 0 saturated carbocycles. The molecule has 1 aromatic carbocycles. The van der Waals surface area contributed by atoms with Crippen LogP contribution in [-0.2, 0) is 5.54 Å². The van der Waals surface area contributed by atoms with E-state index in [4.69, 9.17) is 0 Å². The predicted molar refractivity (Wildman–Crippen MR) is 71.8 cm³/mol. The normalized spacial score (nSPS) is 11.3. The second-order valence-corrected chi connectivity index (χ2v) is 5.40. The number of rotatable bonds is 4. The first-order valence-corrected chi connectivity index (χ1v) is 6.40. The molecule has 1 N–H and O–H groups in total. The third-order valence-corrected chi connectivity index (χ3v) is 3.67. The third-order valence-electron chi connectivity index (χ3n) is 2.57. The summed E-state index contributed by atoms with van der Waals surface area (Å²) in [4.78, 5) is 14.6. The van der Waals surface area contributed by atoms with E-state index in [-0.39, 0.29) is 11.4 Å². The van der Waals surface area contributed by atoms with E-state index < -0.39 is 16.3 Å². The average molecular weight is 281 g/mol. The first-order chi connectivity index (χ1) is 8.90. The van der Waals surface area contributed by atoms with Crippen molar-refractivity contribution in [2.24, 2.45) is 0 Å². The molecule has 0 spiro atoms. The molecule has 5 nitrogen and oxygen atoms in total. The van der Waals surface area contributed by atoms with Gasteiger partial charge in [-0.15, -0.1) is 11.3 Å². The maximum Gasteiger partial charge on any atom is 0.292 e. The van der Waals surface area contributed by atoms with E-state index in [9.17, 15) is 14.5 Å². The van der Waals surface area contributed by atoms with E-state index in [2.05, 4.69) is 10.3 Å². The number of halogens is 1. The van der Waals surface area contributed by atoms with Gasteiger partial charge in [0, 0.05) is 23.7 Å². The van der Waals surface area contributed by atoms with Gasteiger partial charge in [-0.1, -0.05) is 0 Å². The van der Waals surface area contributed by atoms with E-state index in [1.54, 1.807) is 6.20 Å². The highest BCUT2D eigenvalue weighted by Crippen LogP contribution is 2.32. The minimum Gasteiger partial charge on any atom is -0.368 e. The van der Waals surface area contributed by atoms with Gasteiger partial charge in [0.25, 0.3) is 5.69 Å². The van der Waals surface area contributed by atoms with Crippen molar-refractivity contribution in [3.05, 3.63) is 50.7 Å². The Morgan fingerprint density at radius 2 is 2.21 bits per heavy atom. The van der Waals surface area contributed by atoms with Crippen molar-refractivity contribution in [2.75, 3.05) is 5.32 Å². The van der Waals surface area contributed by atoms with Gasteiger partial charge in [0.2, 0.25) is 0 Å². The summed E-state index contributed by atoms with van der Waals surface area (Å²) in [5, 5.41) is 16.5. The lowest BCUT2D eigenvalue weighted by molar-refractivity contribution is -0.384. The highest BCUT2D eigenvalue weighted by Gasteiger charge is 2.26. The fourth-order valence-corrected chi connectivity index (χ4v) is 2.41. The van der Waals surface area contributed by atoms with Crippen molar-refractivity contribution in [2.45, 2.75) is 19.4 Å². The molecule has 0 aliphatic rings. The zero-order chi connectivity index (χ0) is 14.0. The van der Waals surface area contributed by atoms with Gasteiger partial charge in [0.05, 0.1) is 10.5 Å². The van der Waals surface area contributed by atoms with Crippen LogP contribution in [0.25, 0.3) is 0 Å². The molecular weight excluding hydrogens is 269 g/mol. The second kappa shape index (κ2) is 4.93. The molecule has 0 unspecified atom stereocenters. The summed E-state index contributed by atoms with van der Waals surface area (Å²) in [5.74, 6) is -0.525. The molecule has 7 heteroatoms. The number of nitro groups is 1. The quantitative estimate of drug-likeness (QED) is 0.687. The Morgan fingerprint density at radius 1 is 1.47 bits per heavy atom. The number of thiazole rings is 1. The number of aromatic nitrogens is 1. The maximum absolute atomic E-state index is 13.3. The summed E-state index contributed by atoms with van der Waals surface area (Å²) in [6.45, 7) is 3.67. The molecule has 0 aliphatic carbocycles. The van der Waals surface area contributed by atoms with Crippen molar-refractivity contribution < 1.29 is 9.31 Å². The largest absolute Gasteiger partial charge is 0.368 e.